The third-order valence-electron chi connectivity index (χ3n) is 5.68. The van der Waals surface area contributed by atoms with E-state index in [1.807, 2.05) is 0 Å². The number of hydrogen-bond donors (Lipinski definition) is 5. The molecule has 0 aromatic heterocycles. The van der Waals surface area contributed by atoms with E-state index in [2.05, 4.69) is 29.8 Å². The van der Waals surface area contributed by atoms with E-state index >= 15 is 0 Å². The van der Waals surface area contributed by atoms with Gasteiger partial charge in [0.15, 0.2) is 0 Å². The number of carbonyl (C=O) groups excluding carboxylic acids is 3. The number of nitrogens with two attached hydrogens (primary N) is 1. The summed E-state index contributed by atoms with van der Waals surface area (Å²) in [6.45, 7) is 5.78. The molecule has 154 valence electrons. The van der Waals surface area contributed by atoms with Crippen LogP contribution in [0.4, 0.5) is 0 Å². The summed E-state index contributed by atoms with van der Waals surface area (Å²) in [5.74, 6) is -0.244. The number of hydrogen-bond acceptors (Lipinski definition) is 6. The molecular formula is C16H28N4O6S. The Balaban J connectivity index is 0.000000465. The van der Waals surface area contributed by atoms with Gasteiger partial charge in [0.2, 0.25) is 17.7 Å². The van der Waals surface area contributed by atoms with Crippen molar-refractivity contribution in [3.05, 3.63) is 0 Å². The fourth-order valence-corrected chi connectivity index (χ4v) is 4.14. The van der Waals surface area contributed by atoms with Crippen molar-refractivity contribution >= 4 is 27.8 Å². The van der Waals surface area contributed by atoms with Gasteiger partial charge in [-0.1, -0.05) is 13.8 Å². The first kappa shape index (κ1) is 21.6. The monoisotopic (exact) mass is 404 g/mol. The Labute approximate surface area is 158 Å². The van der Waals surface area contributed by atoms with Crippen LogP contribution in [0.15, 0.2) is 0 Å². The predicted molar refractivity (Wildman–Crippen MR) is 96.9 cm³/mol. The van der Waals surface area contributed by atoms with Gasteiger partial charge in [-0.05, 0) is 36.6 Å². The Morgan fingerprint density at radius 1 is 1.41 bits per heavy atom. The van der Waals surface area contributed by atoms with Gasteiger partial charge in [0.1, 0.15) is 6.04 Å². The van der Waals surface area contributed by atoms with Crippen LogP contribution in [0.3, 0.4) is 0 Å². The second-order valence-electron chi connectivity index (χ2n) is 8.05. The lowest BCUT2D eigenvalue weighted by molar-refractivity contribution is -0.130. The van der Waals surface area contributed by atoms with Gasteiger partial charge in [0, 0.05) is 12.5 Å². The summed E-state index contributed by atoms with van der Waals surface area (Å²) < 4.78 is 25.9. The maximum absolute atomic E-state index is 12.5. The minimum absolute atomic E-state index is 0.0668. The van der Waals surface area contributed by atoms with Gasteiger partial charge in [-0.3, -0.25) is 18.9 Å². The van der Waals surface area contributed by atoms with Crippen LogP contribution >= 0.6 is 0 Å². The summed E-state index contributed by atoms with van der Waals surface area (Å²) in [6, 6.07) is -1.05. The van der Waals surface area contributed by atoms with E-state index in [-0.39, 0.29) is 35.6 Å². The van der Waals surface area contributed by atoms with Crippen molar-refractivity contribution in [2.45, 2.75) is 38.8 Å². The molecule has 10 nitrogen and oxygen atoms in total. The van der Waals surface area contributed by atoms with Gasteiger partial charge in [0.05, 0.1) is 12.3 Å². The van der Waals surface area contributed by atoms with Gasteiger partial charge >= 0.3 is 0 Å². The predicted octanol–water partition coefficient (Wildman–Crippen LogP) is -1.77. The Morgan fingerprint density at radius 2 is 2.00 bits per heavy atom. The number of fused-ring (bicyclic) bond motifs is 1. The minimum Gasteiger partial charge on any atom is -0.368 e. The van der Waals surface area contributed by atoms with Crippen LogP contribution in [-0.2, 0) is 24.5 Å². The molecule has 3 rings (SSSR count). The fourth-order valence-electron chi connectivity index (χ4n) is 4.14. The number of nitrogens with one attached hydrogen (secondary N) is 3. The van der Waals surface area contributed by atoms with E-state index in [1.54, 1.807) is 0 Å². The summed E-state index contributed by atoms with van der Waals surface area (Å²) in [4.78, 5) is 35.7. The molecular weight excluding hydrogens is 376 g/mol. The van der Waals surface area contributed by atoms with Crippen LogP contribution in [0.2, 0.25) is 0 Å². The largest absolute Gasteiger partial charge is 0.368 e. The van der Waals surface area contributed by atoms with Crippen molar-refractivity contribution in [3.8, 4) is 0 Å². The quantitative estimate of drug-likeness (QED) is 0.338. The molecule has 2 heterocycles. The molecule has 11 heteroatoms. The first-order valence-corrected chi connectivity index (χ1v) is 10.7. The van der Waals surface area contributed by atoms with E-state index in [0.717, 1.165) is 6.54 Å². The molecule has 0 unspecified atom stereocenters. The lowest BCUT2D eigenvalue weighted by Gasteiger charge is -2.23. The smallest absolute Gasteiger partial charge is 0.261 e. The fraction of sp³-hybridized carbons (Fsp3) is 0.812. The molecule has 3 fully saturated rings. The summed E-state index contributed by atoms with van der Waals surface area (Å²) in [5.41, 5.74) is 5.58. The average Bonchev–Trinajstić information content (AvgIpc) is 2.91. The molecule has 1 saturated carbocycles. The van der Waals surface area contributed by atoms with Gasteiger partial charge in [0.25, 0.3) is 10.1 Å². The SMILES string of the molecule is CC1(C)[C@@H]2[C@@H](C(=O)N[C@@H](C[C@@H]3CCNC3=O)C(N)=O)NC[C@@H]21.CS(=O)(=O)O. The highest BCUT2D eigenvalue weighted by Gasteiger charge is 2.65. The van der Waals surface area contributed by atoms with Crippen LogP contribution in [0.5, 0.6) is 0 Å². The average molecular weight is 404 g/mol. The molecule has 0 aromatic carbocycles. The van der Waals surface area contributed by atoms with Crippen LogP contribution in [-0.4, -0.2) is 62.1 Å². The number of piperidine rings is 1. The minimum atomic E-state index is -3.67. The standard InChI is InChI=1S/C15H24N4O3.CH4O3S/c1-15(2)8-6-18-11(10(8)15)14(22)19-9(12(16)20)5-7-3-4-17-13(7)21;1-5(2,3)4/h7-11,18H,3-6H2,1-2H3,(H2,16,20)(H,17,21)(H,19,22);1H3,(H,2,3,4)/t7-,8-,9-,10-,11-;/m0./s1. The number of amides is 3. The molecule has 0 bridgehead atoms. The molecule has 0 aromatic rings. The maximum Gasteiger partial charge on any atom is 0.261 e. The van der Waals surface area contributed by atoms with Gasteiger partial charge in [-0.2, -0.15) is 8.42 Å². The number of primary amides is 1. The Kier molecular flexibility index (Phi) is 6.17. The molecule has 0 spiro atoms. The lowest BCUT2D eigenvalue weighted by Crippen LogP contribution is -2.52. The van der Waals surface area contributed by atoms with Crippen molar-refractivity contribution in [1.82, 2.24) is 16.0 Å². The van der Waals surface area contributed by atoms with Crippen molar-refractivity contribution in [2.24, 2.45) is 28.9 Å². The molecule has 6 N–H and O–H groups in total. The summed E-state index contributed by atoms with van der Waals surface area (Å²) in [5, 5.41) is 8.69. The van der Waals surface area contributed by atoms with Gasteiger partial charge in [-0.25, -0.2) is 0 Å². The van der Waals surface area contributed by atoms with E-state index < -0.39 is 22.1 Å². The molecule has 2 aliphatic heterocycles. The van der Waals surface area contributed by atoms with E-state index in [1.165, 1.54) is 0 Å². The lowest BCUT2D eigenvalue weighted by atomic mass is 9.97. The highest BCUT2D eigenvalue weighted by atomic mass is 32.2. The first-order chi connectivity index (χ1) is 12.3. The van der Waals surface area contributed by atoms with E-state index in [4.69, 9.17) is 10.3 Å². The normalized spacial score (nSPS) is 31.8. The Bertz CT molecular complexity index is 714. The van der Waals surface area contributed by atoms with Crippen molar-refractivity contribution in [3.63, 3.8) is 0 Å². The molecule has 0 radical (unpaired) electrons. The van der Waals surface area contributed by atoms with Crippen LogP contribution in [0.25, 0.3) is 0 Å². The molecule has 3 amide bonds. The molecule has 2 saturated heterocycles. The zero-order valence-corrected chi connectivity index (χ0v) is 16.5. The van der Waals surface area contributed by atoms with Crippen LogP contribution in [0.1, 0.15) is 26.7 Å². The topological polar surface area (TPSA) is 168 Å². The summed E-state index contributed by atoms with van der Waals surface area (Å²) >= 11 is 0. The Hall–Kier alpha value is -1.72. The van der Waals surface area contributed by atoms with Crippen LogP contribution in [0, 0.1) is 23.2 Å². The number of rotatable bonds is 5. The highest BCUT2D eigenvalue weighted by molar-refractivity contribution is 7.85. The zero-order valence-electron chi connectivity index (χ0n) is 15.7. The van der Waals surface area contributed by atoms with Crippen molar-refractivity contribution in [2.75, 3.05) is 19.3 Å². The van der Waals surface area contributed by atoms with Gasteiger partial charge < -0.3 is 21.7 Å². The molecule has 5 atom stereocenters. The third-order valence-corrected chi connectivity index (χ3v) is 5.68. The van der Waals surface area contributed by atoms with Crippen LogP contribution < -0.4 is 21.7 Å². The van der Waals surface area contributed by atoms with Crippen molar-refractivity contribution < 1.29 is 27.4 Å². The molecule has 3 aliphatic rings. The zero-order chi connectivity index (χ0) is 20.6. The summed E-state index contributed by atoms with van der Waals surface area (Å²) in [6.07, 6.45) is 1.67. The van der Waals surface area contributed by atoms with E-state index in [0.29, 0.717) is 31.1 Å². The Morgan fingerprint density at radius 3 is 2.41 bits per heavy atom. The molecule has 27 heavy (non-hydrogen) atoms. The second kappa shape index (κ2) is 7.72. The molecule has 1 aliphatic carbocycles. The first-order valence-electron chi connectivity index (χ1n) is 8.85. The number of carbonyl (C=O) groups is 3. The maximum atomic E-state index is 12.5. The summed E-state index contributed by atoms with van der Waals surface area (Å²) in [7, 11) is -3.67. The van der Waals surface area contributed by atoms with Gasteiger partial charge in [-0.15, -0.1) is 0 Å². The van der Waals surface area contributed by atoms with Crippen molar-refractivity contribution in [1.29, 1.82) is 0 Å². The van der Waals surface area contributed by atoms with E-state index in [9.17, 15) is 22.8 Å². The highest BCUT2D eigenvalue weighted by Crippen LogP contribution is 2.62. The third kappa shape index (κ3) is 5.39. The second-order valence-corrected chi connectivity index (χ2v) is 9.51.